The van der Waals surface area contributed by atoms with Crippen molar-refractivity contribution in [1.82, 2.24) is 5.32 Å². The van der Waals surface area contributed by atoms with Crippen molar-refractivity contribution in [2.45, 2.75) is 38.5 Å². The largest absolute Gasteiger partial charge is 0.466 e. The predicted molar refractivity (Wildman–Crippen MR) is 112 cm³/mol. The van der Waals surface area contributed by atoms with Gasteiger partial charge in [-0.1, -0.05) is 42.0 Å². The summed E-state index contributed by atoms with van der Waals surface area (Å²) in [6.07, 6.45) is 0.947. The summed E-state index contributed by atoms with van der Waals surface area (Å²) in [5.41, 5.74) is 5.52. The highest BCUT2D eigenvalue weighted by molar-refractivity contribution is 6.04. The Bertz CT molecular complexity index is 1080. The number of esters is 1. The van der Waals surface area contributed by atoms with E-state index in [1.165, 1.54) is 19.2 Å². The molecule has 30 heavy (non-hydrogen) atoms. The Morgan fingerprint density at radius 3 is 2.47 bits per heavy atom. The van der Waals surface area contributed by atoms with Gasteiger partial charge in [-0.05, 0) is 49.4 Å². The second kappa shape index (κ2) is 7.90. The smallest absolute Gasteiger partial charge is 0.336 e. The molecular weight excluding hydrogens is 381 g/mol. The summed E-state index contributed by atoms with van der Waals surface area (Å²) >= 11 is 0. The first-order valence-electron chi connectivity index (χ1n) is 10.0. The number of dihydropyridines is 1. The SMILES string of the molecule is COC(=O)C1=C(C)NC2=C(C(=O)C[C@H](c3ccc(F)cc3)C2)[C@H]1c1cccc(C)c1. The van der Waals surface area contributed by atoms with Gasteiger partial charge in [0.2, 0.25) is 0 Å². The van der Waals surface area contributed by atoms with Crippen molar-refractivity contribution in [3.05, 3.63) is 93.6 Å². The van der Waals surface area contributed by atoms with Gasteiger partial charge in [0.05, 0.1) is 12.7 Å². The maximum absolute atomic E-state index is 13.4. The summed E-state index contributed by atoms with van der Waals surface area (Å²) in [6.45, 7) is 3.83. The minimum atomic E-state index is -0.463. The van der Waals surface area contributed by atoms with Gasteiger partial charge >= 0.3 is 5.97 Å². The molecule has 0 saturated carbocycles. The second-order valence-corrected chi connectivity index (χ2v) is 7.97. The molecule has 2 aromatic carbocycles. The summed E-state index contributed by atoms with van der Waals surface area (Å²) in [5, 5.41) is 3.30. The standard InChI is InChI=1S/C25H24FNO3/c1-14-5-4-6-17(11-14)23-22(25(29)30-3)15(2)27-20-12-18(13-21(28)24(20)23)16-7-9-19(26)10-8-16/h4-11,18,23,27H,12-13H2,1-3H3/t18-,23+/m1/s1. The van der Waals surface area contributed by atoms with Crippen LogP contribution in [0, 0.1) is 12.7 Å². The summed E-state index contributed by atoms with van der Waals surface area (Å²) in [7, 11) is 1.35. The molecule has 1 heterocycles. The van der Waals surface area contributed by atoms with Gasteiger partial charge in [-0.15, -0.1) is 0 Å². The third-order valence-electron chi connectivity index (χ3n) is 5.95. The molecule has 1 aliphatic heterocycles. The average molecular weight is 405 g/mol. The number of allylic oxidation sites excluding steroid dienone is 3. The van der Waals surface area contributed by atoms with Crippen molar-refractivity contribution in [3.63, 3.8) is 0 Å². The fourth-order valence-corrected chi connectivity index (χ4v) is 4.57. The number of carbonyl (C=O) groups is 2. The number of ether oxygens (including phenoxy) is 1. The van der Waals surface area contributed by atoms with Crippen LogP contribution in [0.5, 0.6) is 0 Å². The number of hydrogen-bond acceptors (Lipinski definition) is 4. The fourth-order valence-electron chi connectivity index (χ4n) is 4.57. The maximum Gasteiger partial charge on any atom is 0.336 e. The van der Waals surface area contributed by atoms with Crippen LogP contribution in [0.15, 0.2) is 71.1 Å². The van der Waals surface area contributed by atoms with E-state index in [1.807, 2.05) is 38.1 Å². The molecular formula is C25H24FNO3. The zero-order chi connectivity index (χ0) is 21.4. The van der Waals surface area contributed by atoms with Crippen molar-refractivity contribution >= 4 is 11.8 Å². The number of methoxy groups -OCH3 is 1. The van der Waals surface area contributed by atoms with Crippen molar-refractivity contribution in [2.24, 2.45) is 0 Å². The van der Waals surface area contributed by atoms with Crippen molar-refractivity contribution in [1.29, 1.82) is 0 Å². The normalized spacial score (nSPS) is 21.3. The molecule has 154 valence electrons. The number of ketones is 1. The molecule has 0 unspecified atom stereocenters. The van der Waals surface area contributed by atoms with Gasteiger partial charge in [0.15, 0.2) is 5.78 Å². The number of halogens is 1. The Morgan fingerprint density at radius 1 is 1.07 bits per heavy atom. The molecule has 0 bridgehead atoms. The minimum absolute atomic E-state index is 0.00140. The van der Waals surface area contributed by atoms with E-state index in [-0.39, 0.29) is 17.5 Å². The van der Waals surface area contributed by atoms with Crippen LogP contribution < -0.4 is 5.32 Å². The summed E-state index contributed by atoms with van der Waals surface area (Å²) in [5.74, 6) is -1.23. The van der Waals surface area contributed by atoms with E-state index < -0.39 is 11.9 Å². The van der Waals surface area contributed by atoms with Gasteiger partial charge in [0.25, 0.3) is 0 Å². The number of benzene rings is 2. The average Bonchev–Trinajstić information content (AvgIpc) is 2.72. The van der Waals surface area contributed by atoms with Crippen LogP contribution in [0.25, 0.3) is 0 Å². The first-order chi connectivity index (χ1) is 14.4. The number of rotatable bonds is 3. The lowest BCUT2D eigenvalue weighted by molar-refractivity contribution is -0.136. The van der Waals surface area contributed by atoms with Crippen molar-refractivity contribution in [2.75, 3.05) is 7.11 Å². The van der Waals surface area contributed by atoms with E-state index in [1.54, 1.807) is 12.1 Å². The lowest BCUT2D eigenvalue weighted by atomic mass is 9.71. The molecule has 0 aromatic heterocycles. The van der Waals surface area contributed by atoms with Gasteiger partial charge < -0.3 is 10.1 Å². The Labute approximate surface area is 175 Å². The van der Waals surface area contributed by atoms with Gasteiger partial charge in [-0.2, -0.15) is 0 Å². The van der Waals surface area contributed by atoms with Crippen molar-refractivity contribution in [3.8, 4) is 0 Å². The van der Waals surface area contributed by atoms with Crippen LogP contribution in [0.2, 0.25) is 0 Å². The molecule has 0 amide bonds. The quantitative estimate of drug-likeness (QED) is 0.754. The summed E-state index contributed by atoms with van der Waals surface area (Å²) in [4.78, 5) is 26.0. The summed E-state index contributed by atoms with van der Waals surface area (Å²) in [6, 6.07) is 14.2. The Kier molecular flexibility index (Phi) is 5.29. The fraction of sp³-hybridized carbons (Fsp3) is 0.280. The van der Waals surface area contributed by atoms with Crippen LogP contribution in [-0.2, 0) is 14.3 Å². The maximum atomic E-state index is 13.4. The van der Waals surface area contributed by atoms with Crippen LogP contribution >= 0.6 is 0 Å². The number of carbonyl (C=O) groups excluding carboxylic acids is 2. The minimum Gasteiger partial charge on any atom is -0.466 e. The molecule has 1 aliphatic carbocycles. The Hall–Kier alpha value is -3.21. The number of Topliss-reactive ketones (excluding diaryl/α,β-unsaturated/α-hetero) is 1. The van der Waals surface area contributed by atoms with Gasteiger partial charge in [-0.3, -0.25) is 4.79 Å². The van der Waals surface area contributed by atoms with Crippen LogP contribution in [0.4, 0.5) is 4.39 Å². The molecule has 2 aliphatic rings. The third kappa shape index (κ3) is 3.56. The van der Waals surface area contributed by atoms with Crippen LogP contribution in [0.3, 0.4) is 0 Å². The lowest BCUT2D eigenvalue weighted by Gasteiger charge is -2.36. The van der Waals surface area contributed by atoms with E-state index in [4.69, 9.17) is 4.74 Å². The van der Waals surface area contributed by atoms with Crippen LogP contribution in [-0.4, -0.2) is 18.9 Å². The third-order valence-corrected chi connectivity index (χ3v) is 5.95. The molecule has 0 saturated heterocycles. The molecule has 2 aromatic rings. The highest BCUT2D eigenvalue weighted by Crippen LogP contribution is 2.45. The first-order valence-corrected chi connectivity index (χ1v) is 10.0. The molecule has 4 rings (SSSR count). The van der Waals surface area contributed by atoms with E-state index in [0.29, 0.717) is 29.7 Å². The van der Waals surface area contributed by atoms with Crippen molar-refractivity contribution < 1.29 is 18.7 Å². The van der Waals surface area contributed by atoms with Gasteiger partial charge in [0.1, 0.15) is 5.82 Å². The second-order valence-electron chi connectivity index (χ2n) is 7.97. The topological polar surface area (TPSA) is 55.4 Å². The molecule has 5 heteroatoms. The Morgan fingerprint density at radius 2 is 1.80 bits per heavy atom. The zero-order valence-electron chi connectivity index (χ0n) is 17.3. The van der Waals surface area contributed by atoms with E-state index in [9.17, 15) is 14.0 Å². The van der Waals surface area contributed by atoms with Gasteiger partial charge in [0, 0.05) is 29.3 Å². The molecule has 1 N–H and O–H groups in total. The van der Waals surface area contributed by atoms with E-state index in [2.05, 4.69) is 5.32 Å². The predicted octanol–water partition coefficient (Wildman–Crippen LogP) is 4.67. The summed E-state index contributed by atoms with van der Waals surface area (Å²) < 4.78 is 18.4. The Balaban J connectivity index is 1.80. The first kappa shape index (κ1) is 20.1. The lowest BCUT2D eigenvalue weighted by Crippen LogP contribution is -2.36. The highest BCUT2D eigenvalue weighted by atomic mass is 19.1. The van der Waals surface area contributed by atoms with Crippen LogP contribution in [0.1, 0.15) is 48.3 Å². The zero-order valence-corrected chi connectivity index (χ0v) is 17.3. The number of hydrogen-bond donors (Lipinski definition) is 1. The van der Waals surface area contributed by atoms with Gasteiger partial charge in [-0.25, -0.2) is 9.18 Å². The number of aryl methyl sites for hydroxylation is 1. The van der Waals surface area contributed by atoms with E-state index in [0.717, 1.165) is 22.4 Å². The van der Waals surface area contributed by atoms with E-state index >= 15 is 0 Å². The molecule has 0 fully saturated rings. The number of nitrogens with one attached hydrogen (secondary N) is 1. The highest BCUT2D eigenvalue weighted by Gasteiger charge is 2.41. The molecule has 0 spiro atoms. The molecule has 4 nitrogen and oxygen atoms in total. The molecule has 2 atom stereocenters. The molecule has 0 radical (unpaired) electrons. The monoisotopic (exact) mass is 405 g/mol.